The number of aliphatic carboxylic acids is 3. The minimum Gasteiger partial charge on any atom is -0.481 e. The van der Waals surface area contributed by atoms with Crippen molar-refractivity contribution in [1.29, 1.82) is 0 Å². The summed E-state index contributed by atoms with van der Waals surface area (Å²) in [4.78, 5) is 91.0. The Bertz CT molecular complexity index is 2290. The molecule has 3 heterocycles. The van der Waals surface area contributed by atoms with Crippen LogP contribution in [-0.2, 0) is 19.1 Å². The van der Waals surface area contributed by atoms with Crippen LogP contribution in [0.2, 0.25) is 0 Å². The van der Waals surface area contributed by atoms with Gasteiger partial charge in [0.1, 0.15) is 22.7 Å². The third-order valence-electron chi connectivity index (χ3n) is 14.9. The molecule has 3 aliphatic heterocycles. The number of benzene rings is 3. The van der Waals surface area contributed by atoms with Crippen LogP contribution < -0.4 is 14.2 Å². The second kappa shape index (κ2) is 18.9. The Morgan fingerprint density at radius 2 is 0.729 bits per heavy atom. The number of para-hydroxylation sites is 3. The van der Waals surface area contributed by atoms with Gasteiger partial charge in [0.25, 0.3) is 0 Å². The number of piperidine rings is 3. The van der Waals surface area contributed by atoms with Crippen LogP contribution in [0.3, 0.4) is 0 Å². The second-order valence-corrected chi connectivity index (χ2v) is 23.2. The minimum absolute atomic E-state index is 0.0355. The zero-order valence-electron chi connectivity index (χ0n) is 42.6. The number of carbonyl (C=O) groups is 6. The largest absolute Gasteiger partial charge is 0.481 e. The number of carboxylic acid groups (broad SMARTS) is 3. The smallest absolute Gasteiger partial charge is 0.416 e. The van der Waals surface area contributed by atoms with E-state index in [-0.39, 0.29) is 50.0 Å². The number of amides is 3. The molecule has 70 heavy (non-hydrogen) atoms. The van der Waals surface area contributed by atoms with Crippen molar-refractivity contribution in [2.24, 2.45) is 17.3 Å². The van der Waals surface area contributed by atoms with Crippen LogP contribution in [0, 0.1) is 17.3 Å². The third-order valence-corrected chi connectivity index (χ3v) is 14.9. The first kappa shape index (κ1) is 53.2. The second-order valence-electron chi connectivity index (χ2n) is 23.2. The van der Waals surface area contributed by atoms with Crippen molar-refractivity contribution < 1.29 is 63.0 Å². The molecule has 3 aliphatic rings. The fourth-order valence-corrected chi connectivity index (χ4v) is 13.5. The predicted octanol–water partition coefficient (Wildman–Crippen LogP) is 10.5. The number of hydrogen-bond donors (Lipinski definition) is 3. The van der Waals surface area contributed by atoms with E-state index in [4.69, 9.17) is 18.9 Å². The van der Waals surface area contributed by atoms with E-state index in [1.54, 1.807) is 189 Å². The van der Waals surface area contributed by atoms with Gasteiger partial charge in [0.05, 0.1) is 12.5 Å². The maximum Gasteiger partial charge on any atom is 0.416 e. The molecular weight excluding hydrogens is 899 g/mol. The van der Waals surface area contributed by atoms with Crippen LogP contribution in [0.1, 0.15) is 128 Å². The first-order valence-corrected chi connectivity index (χ1v) is 23.9. The molecule has 0 aromatic heterocycles. The standard InChI is InChI=1S/C54H71N3O13/c1-47(2)28-35(29-48(3,4)55(47)44(64)67-37-22-16-13-17-23-37)54(43(62)63,36-30-49(5,6)56(50(7,8)31-36)45(65)68-38-24-18-14-19-25-38)53(42(60)61,34-41(58)59)70-40-32-51(9,10)57(52(11,12)33-40)46(66)69-39-26-20-15-21-27-39/h13-27,35-36,40H,28-34H2,1-12H3,(H,58,59)(H,60,61)(H,62,63). The van der Waals surface area contributed by atoms with Gasteiger partial charge in [0.15, 0.2) is 5.60 Å². The number of carbonyl (C=O) groups excluding carboxylic acids is 3. The number of likely N-dealkylation sites (tertiary alicyclic amines) is 3. The Balaban J connectivity index is 1.53. The lowest BCUT2D eigenvalue weighted by Crippen LogP contribution is -2.75. The Kier molecular flexibility index (Phi) is 14.3. The van der Waals surface area contributed by atoms with Crippen molar-refractivity contribution in [2.45, 2.75) is 173 Å². The van der Waals surface area contributed by atoms with Crippen LogP contribution in [0.25, 0.3) is 0 Å². The van der Waals surface area contributed by atoms with E-state index in [0.29, 0.717) is 5.75 Å². The zero-order valence-corrected chi connectivity index (χ0v) is 42.6. The molecule has 1 unspecified atom stereocenters. The summed E-state index contributed by atoms with van der Waals surface area (Å²) in [6.45, 7) is 21.1. The quantitative estimate of drug-likeness (QED) is 0.154. The molecule has 0 spiro atoms. The van der Waals surface area contributed by atoms with E-state index >= 15 is 4.79 Å². The molecule has 6 rings (SSSR count). The monoisotopic (exact) mass is 969 g/mol. The van der Waals surface area contributed by atoms with E-state index in [1.807, 2.05) is 0 Å². The molecule has 1 atom stereocenters. The van der Waals surface area contributed by atoms with Crippen molar-refractivity contribution in [3.8, 4) is 17.2 Å². The van der Waals surface area contributed by atoms with Gasteiger partial charge in [0.2, 0.25) is 0 Å². The Labute approximate surface area is 411 Å². The molecule has 3 amide bonds. The van der Waals surface area contributed by atoms with E-state index in [9.17, 15) is 39.3 Å². The van der Waals surface area contributed by atoms with Gasteiger partial charge in [-0.3, -0.25) is 24.3 Å². The average molecular weight is 970 g/mol. The molecular formula is C54H71N3O13. The maximum absolute atomic E-state index is 15.3. The zero-order chi connectivity index (χ0) is 52.0. The summed E-state index contributed by atoms with van der Waals surface area (Å²) in [7, 11) is 0. The molecule has 3 saturated heterocycles. The van der Waals surface area contributed by atoms with Crippen LogP contribution in [-0.4, -0.2) is 111 Å². The van der Waals surface area contributed by atoms with Gasteiger partial charge in [-0.25, -0.2) is 19.2 Å². The van der Waals surface area contributed by atoms with Gasteiger partial charge >= 0.3 is 36.2 Å². The highest BCUT2D eigenvalue weighted by molar-refractivity contribution is 5.93. The molecule has 0 saturated carbocycles. The lowest BCUT2D eigenvalue weighted by atomic mass is 9.47. The highest BCUT2D eigenvalue weighted by atomic mass is 16.6. The van der Waals surface area contributed by atoms with Crippen molar-refractivity contribution in [2.75, 3.05) is 0 Å². The van der Waals surface area contributed by atoms with Gasteiger partial charge < -0.3 is 34.3 Å². The molecule has 3 aromatic rings. The topological polar surface area (TPSA) is 210 Å². The summed E-state index contributed by atoms with van der Waals surface area (Å²) < 4.78 is 24.6. The summed E-state index contributed by atoms with van der Waals surface area (Å²) in [5, 5.41) is 35.5. The molecule has 0 bridgehead atoms. The summed E-state index contributed by atoms with van der Waals surface area (Å²) in [6, 6.07) is 25.5. The van der Waals surface area contributed by atoms with Crippen molar-refractivity contribution in [3.63, 3.8) is 0 Å². The maximum atomic E-state index is 15.3. The molecule has 16 nitrogen and oxygen atoms in total. The molecule has 3 fully saturated rings. The van der Waals surface area contributed by atoms with Crippen molar-refractivity contribution in [3.05, 3.63) is 91.0 Å². The summed E-state index contributed by atoms with van der Waals surface area (Å²) in [5.41, 5.74) is -12.7. The van der Waals surface area contributed by atoms with Gasteiger partial charge in [-0.1, -0.05) is 54.6 Å². The minimum atomic E-state index is -3.00. The number of nitrogens with zero attached hydrogens (tertiary/aromatic N) is 3. The first-order chi connectivity index (χ1) is 32.3. The van der Waals surface area contributed by atoms with Gasteiger partial charge in [-0.2, -0.15) is 0 Å². The number of hydrogen-bond acceptors (Lipinski definition) is 10. The Hall–Kier alpha value is -6.16. The molecule has 0 radical (unpaired) electrons. The molecule has 380 valence electrons. The molecule has 3 N–H and O–H groups in total. The van der Waals surface area contributed by atoms with Crippen LogP contribution >= 0.6 is 0 Å². The Morgan fingerprint density at radius 1 is 0.457 bits per heavy atom. The van der Waals surface area contributed by atoms with Gasteiger partial charge in [-0.15, -0.1) is 0 Å². The average Bonchev–Trinajstić information content (AvgIpc) is 3.18. The van der Waals surface area contributed by atoms with E-state index in [1.165, 1.54) is 0 Å². The lowest BCUT2D eigenvalue weighted by molar-refractivity contribution is -0.257. The SMILES string of the molecule is CC1(C)CC(OC(CC(=O)O)(C(=O)O)C(C(=O)O)(C2CC(C)(C)N(C(=O)Oc3ccccc3)C(C)(C)C2)C2CC(C)(C)N(C(=O)Oc3ccccc3)C(C)(C)C2)CC(C)(C)N1C(=O)Oc1ccccc1. The number of carboxylic acids is 3. The fraction of sp³-hybridized carbons (Fsp3) is 0.556. The normalized spacial score (nSPS) is 21.7. The summed E-state index contributed by atoms with van der Waals surface area (Å²) >= 11 is 0. The summed E-state index contributed by atoms with van der Waals surface area (Å²) in [6.07, 6.45) is -5.03. The van der Waals surface area contributed by atoms with Gasteiger partial charge in [-0.05, 0) is 170 Å². The number of ether oxygens (including phenoxy) is 4. The predicted molar refractivity (Wildman–Crippen MR) is 260 cm³/mol. The van der Waals surface area contributed by atoms with Crippen LogP contribution in [0.5, 0.6) is 17.2 Å². The third kappa shape index (κ3) is 10.1. The Morgan fingerprint density at radius 3 is 0.971 bits per heavy atom. The molecule has 16 heteroatoms. The van der Waals surface area contributed by atoms with Crippen molar-refractivity contribution >= 4 is 36.2 Å². The lowest BCUT2D eigenvalue weighted by Gasteiger charge is -2.64. The van der Waals surface area contributed by atoms with Gasteiger partial charge in [0, 0.05) is 33.2 Å². The van der Waals surface area contributed by atoms with E-state index in [0.717, 1.165) is 0 Å². The van der Waals surface area contributed by atoms with Crippen LogP contribution in [0.15, 0.2) is 91.0 Å². The molecule has 0 aliphatic carbocycles. The number of rotatable bonds is 12. The van der Waals surface area contributed by atoms with E-state index in [2.05, 4.69) is 0 Å². The van der Waals surface area contributed by atoms with Crippen LogP contribution in [0.4, 0.5) is 14.4 Å². The highest BCUT2D eigenvalue weighted by Gasteiger charge is 2.75. The van der Waals surface area contributed by atoms with Crippen molar-refractivity contribution in [1.82, 2.24) is 14.7 Å². The molecule has 3 aromatic carbocycles. The summed E-state index contributed by atoms with van der Waals surface area (Å²) in [5.74, 6) is -6.48. The highest BCUT2D eigenvalue weighted by Crippen LogP contribution is 2.63. The first-order valence-electron chi connectivity index (χ1n) is 23.9. The van der Waals surface area contributed by atoms with E-state index < -0.39 is 105 Å². The fourth-order valence-electron chi connectivity index (χ4n) is 13.5.